The predicted octanol–water partition coefficient (Wildman–Crippen LogP) is -0.275. The van der Waals surface area contributed by atoms with Gasteiger partial charge in [0.1, 0.15) is 5.84 Å². The van der Waals surface area contributed by atoms with Crippen molar-refractivity contribution in [3.05, 3.63) is 12.5 Å². The van der Waals surface area contributed by atoms with E-state index < -0.39 is 0 Å². The molecule has 0 bridgehead atoms. The van der Waals surface area contributed by atoms with Gasteiger partial charge in [-0.2, -0.15) is 0 Å². The van der Waals surface area contributed by atoms with Gasteiger partial charge in [0.25, 0.3) is 0 Å². The summed E-state index contributed by atoms with van der Waals surface area (Å²) in [7, 11) is 0. The van der Waals surface area contributed by atoms with Gasteiger partial charge in [-0.05, 0) is 13.5 Å². The van der Waals surface area contributed by atoms with Crippen LogP contribution in [0.5, 0.6) is 0 Å². The summed E-state index contributed by atoms with van der Waals surface area (Å²) < 4.78 is 0. The molecule has 4 heteroatoms. The lowest BCUT2D eigenvalue weighted by Crippen LogP contribution is -2.07. The van der Waals surface area contributed by atoms with Gasteiger partial charge in [-0.25, -0.2) is 0 Å². The Hall–Kier alpha value is -1.19. The molecule has 0 spiro atoms. The van der Waals surface area contributed by atoms with Crippen LogP contribution in [0.3, 0.4) is 0 Å². The van der Waals surface area contributed by atoms with E-state index in [0.717, 1.165) is 0 Å². The lowest BCUT2D eigenvalue weighted by Gasteiger charge is -1.92. The smallest absolute Gasteiger partial charge is 0.213 e. The quantitative estimate of drug-likeness (QED) is 0.225. The topological polar surface area (TPSA) is 73.6 Å². The van der Waals surface area contributed by atoms with Crippen molar-refractivity contribution in [2.75, 3.05) is 0 Å². The van der Waals surface area contributed by atoms with E-state index >= 15 is 0 Å². The Morgan fingerprint density at radius 3 is 2.25 bits per heavy atom. The molecule has 0 amide bonds. The van der Waals surface area contributed by atoms with Gasteiger partial charge < -0.3 is 16.3 Å². The Morgan fingerprint density at radius 1 is 1.62 bits per heavy atom. The largest absolute Gasteiger partial charge is 0.385 e. The average Bonchev–Trinajstić information content (AvgIpc) is 1.61. The van der Waals surface area contributed by atoms with Gasteiger partial charge in [0.2, 0.25) is 5.88 Å². The third-order valence-electron chi connectivity index (χ3n) is 0.307. The van der Waals surface area contributed by atoms with Crippen molar-refractivity contribution in [2.24, 2.45) is 16.6 Å². The van der Waals surface area contributed by atoms with Gasteiger partial charge in [0, 0.05) is 0 Å². The fourth-order valence-corrected chi connectivity index (χ4v) is 0.131. The fraction of sp³-hybridized carbons (Fsp3) is 0.250. The van der Waals surface area contributed by atoms with Crippen LogP contribution in [0.25, 0.3) is 0 Å². The summed E-state index contributed by atoms with van der Waals surface area (Å²) in [6.07, 6.45) is 0. The van der Waals surface area contributed by atoms with Gasteiger partial charge >= 0.3 is 0 Å². The number of amidine groups is 1. The van der Waals surface area contributed by atoms with Crippen LogP contribution >= 0.6 is 0 Å². The monoisotopic (exact) mass is 115 g/mol. The molecule has 0 aromatic carbocycles. The minimum Gasteiger partial charge on any atom is -0.385 e. The summed E-state index contributed by atoms with van der Waals surface area (Å²) in [5.41, 5.74) is 10.0. The van der Waals surface area contributed by atoms with Gasteiger partial charge in [0.05, 0.1) is 0 Å². The second-order valence-electron chi connectivity index (χ2n) is 1.29. The standard InChI is InChI=1S/C4H9N3O/c1-3(5)7-8-4(2)6/h2,6H2,1H3,(H2,5,7). The van der Waals surface area contributed by atoms with E-state index in [9.17, 15) is 0 Å². The highest BCUT2D eigenvalue weighted by atomic mass is 16.6. The zero-order valence-corrected chi connectivity index (χ0v) is 4.72. The highest BCUT2D eigenvalue weighted by Gasteiger charge is 1.79. The van der Waals surface area contributed by atoms with Crippen molar-refractivity contribution in [1.82, 2.24) is 0 Å². The molecular weight excluding hydrogens is 106 g/mol. The normalized spacial score (nSPS) is 10.9. The van der Waals surface area contributed by atoms with Crippen LogP contribution in [0.4, 0.5) is 0 Å². The minimum atomic E-state index is 0.0369. The van der Waals surface area contributed by atoms with Crippen molar-refractivity contribution in [3.8, 4) is 0 Å². The maximum atomic E-state index is 5.07. The molecule has 0 aromatic heterocycles. The fourth-order valence-electron chi connectivity index (χ4n) is 0.131. The summed E-state index contributed by atoms with van der Waals surface area (Å²) in [5.74, 6) is 0.353. The first-order valence-corrected chi connectivity index (χ1v) is 2.04. The Bertz CT molecular complexity index is 114. The van der Waals surface area contributed by atoms with Crippen molar-refractivity contribution < 1.29 is 4.84 Å². The van der Waals surface area contributed by atoms with E-state index in [-0.39, 0.29) is 5.88 Å². The van der Waals surface area contributed by atoms with Crippen molar-refractivity contribution in [2.45, 2.75) is 6.92 Å². The summed E-state index contributed by atoms with van der Waals surface area (Å²) in [4.78, 5) is 4.35. The van der Waals surface area contributed by atoms with Crippen molar-refractivity contribution in [3.63, 3.8) is 0 Å². The van der Waals surface area contributed by atoms with Crippen LogP contribution in [-0.2, 0) is 4.84 Å². The first-order valence-electron chi connectivity index (χ1n) is 2.04. The molecular formula is C4H9N3O. The first kappa shape index (κ1) is 6.81. The zero-order chi connectivity index (χ0) is 6.57. The number of nitrogens with two attached hydrogens (primary N) is 2. The molecule has 8 heavy (non-hydrogen) atoms. The number of rotatable bonds is 2. The van der Waals surface area contributed by atoms with Crippen LogP contribution in [0, 0.1) is 0 Å². The molecule has 0 rings (SSSR count). The van der Waals surface area contributed by atoms with Crippen LogP contribution < -0.4 is 11.5 Å². The molecule has 0 atom stereocenters. The molecule has 0 saturated carbocycles. The molecule has 0 aliphatic heterocycles. The maximum Gasteiger partial charge on any atom is 0.213 e. The van der Waals surface area contributed by atoms with Crippen molar-refractivity contribution in [1.29, 1.82) is 0 Å². The Labute approximate surface area is 47.8 Å². The number of nitrogens with zero attached hydrogens (tertiary/aromatic N) is 1. The van der Waals surface area contributed by atoms with E-state index in [1.807, 2.05) is 0 Å². The van der Waals surface area contributed by atoms with E-state index in [4.69, 9.17) is 11.5 Å². The molecule has 0 heterocycles. The van der Waals surface area contributed by atoms with Gasteiger partial charge in [-0.1, -0.05) is 5.16 Å². The predicted molar refractivity (Wildman–Crippen MR) is 31.7 cm³/mol. The van der Waals surface area contributed by atoms with E-state index in [2.05, 4.69) is 16.6 Å². The summed E-state index contributed by atoms with van der Waals surface area (Å²) in [5, 5.41) is 3.29. The summed E-state index contributed by atoms with van der Waals surface area (Å²) in [6, 6.07) is 0. The summed E-state index contributed by atoms with van der Waals surface area (Å²) >= 11 is 0. The molecule has 0 aromatic rings. The third-order valence-corrected chi connectivity index (χ3v) is 0.307. The number of hydrogen-bond donors (Lipinski definition) is 2. The molecule has 0 aliphatic rings. The Morgan fingerprint density at radius 2 is 2.12 bits per heavy atom. The van der Waals surface area contributed by atoms with Gasteiger partial charge in [0.15, 0.2) is 0 Å². The second-order valence-corrected chi connectivity index (χ2v) is 1.29. The highest BCUT2D eigenvalue weighted by Crippen LogP contribution is 1.80. The lowest BCUT2D eigenvalue weighted by molar-refractivity contribution is 0.225. The molecule has 4 nitrogen and oxygen atoms in total. The number of hydrogen-bond acceptors (Lipinski definition) is 3. The van der Waals surface area contributed by atoms with Crippen LogP contribution in [0.2, 0.25) is 0 Å². The van der Waals surface area contributed by atoms with Crippen LogP contribution in [0.1, 0.15) is 6.92 Å². The second kappa shape index (κ2) is 2.90. The molecule has 0 radical (unpaired) electrons. The molecule has 0 aliphatic carbocycles. The van der Waals surface area contributed by atoms with E-state index in [1.165, 1.54) is 0 Å². The van der Waals surface area contributed by atoms with E-state index in [0.29, 0.717) is 5.84 Å². The molecule has 46 valence electrons. The SMILES string of the molecule is C=C(N)O/N=C(/C)N. The third kappa shape index (κ3) is 4.81. The Balaban J connectivity index is 3.45. The zero-order valence-electron chi connectivity index (χ0n) is 4.72. The molecule has 0 fully saturated rings. The van der Waals surface area contributed by atoms with Gasteiger partial charge in [-0.15, -0.1) is 0 Å². The molecule has 0 unspecified atom stereocenters. The minimum absolute atomic E-state index is 0.0369. The van der Waals surface area contributed by atoms with Crippen LogP contribution in [-0.4, -0.2) is 5.84 Å². The van der Waals surface area contributed by atoms with E-state index in [1.54, 1.807) is 6.92 Å². The Kier molecular flexibility index (Phi) is 2.47. The lowest BCUT2D eigenvalue weighted by atomic mass is 10.7. The number of oxime groups is 1. The molecule has 4 N–H and O–H groups in total. The highest BCUT2D eigenvalue weighted by molar-refractivity contribution is 5.76. The maximum absolute atomic E-state index is 5.07. The van der Waals surface area contributed by atoms with Gasteiger partial charge in [-0.3, -0.25) is 0 Å². The average molecular weight is 115 g/mol. The van der Waals surface area contributed by atoms with Crippen LogP contribution in [0.15, 0.2) is 17.6 Å². The summed E-state index contributed by atoms with van der Waals surface area (Å²) in [6.45, 7) is 4.81. The molecule has 0 saturated heterocycles. The van der Waals surface area contributed by atoms with Crippen molar-refractivity contribution >= 4 is 5.84 Å². The first-order chi connectivity index (χ1) is 3.63.